The van der Waals surface area contributed by atoms with Crippen molar-refractivity contribution in [2.45, 2.75) is 12.7 Å². The van der Waals surface area contributed by atoms with E-state index in [1.165, 1.54) is 6.07 Å². The molecule has 1 aliphatic rings. The molecule has 0 saturated carbocycles. The number of hydrogen-bond donors (Lipinski definition) is 0. The van der Waals surface area contributed by atoms with Crippen LogP contribution in [0.5, 0.6) is 0 Å². The van der Waals surface area contributed by atoms with E-state index in [9.17, 15) is 22.8 Å². The average molecular weight is 432 g/mol. The number of carbonyl (C=O) groups is 1. The number of piperazine rings is 1. The molecule has 8 nitrogen and oxygen atoms in total. The molecule has 0 bridgehead atoms. The van der Waals surface area contributed by atoms with Crippen molar-refractivity contribution in [3.63, 3.8) is 0 Å². The van der Waals surface area contributed by atoms with Gasteiger partial charge in [0.2, 0.25) is 5.91 Å². The van der Waals surface area contributed by atoms with Gasteiger partial charge in [-0.2, -0.15) is 22.5 Å². The van der Waals surface area contributed by atoms with E-state index in [0.29, 0.717) is 37.6 Å². The second-order valence-electron chi connectivity index (χ2n) is 7.08. The quantitative estimate of drug-likeness (QED) is 0.629. The van der Waals surface area contributed by atoms with Crippen LogP contribution in [0.1, 0.15) is 5.56 Å². The van der Waals surface area contributed by atoms with E-state index in [2.05, 4.69) is 10.4 Å². The summed E-state index contributed by atoms with van der Waals surface area (Å²) in [4.78, 5) is 28.5. The van der Waals surface area contributed by atoms with Crippen molar-refractivity contribution in [2.75, 3.05) is 31.1 Å². The van der Waals surface area contributed by atoms with Gasteiger partial charge >= 0.3 is 11.9 Å². The van der Waals surface area contributed by atoms with Gasteiger partial charge in [0.05, 0.1) is 11.3 Å². The molecule has 4 rings (SSSR count). The Kier molecular flexibility index (Phi) is 5.49. The zero-order chi connectivity index (χ0) is 22.0. The number of anilines is 1. The third-order valence-electron chi connectivity index (χ3n) is 5.10. The minimum absolute atomic E-state index is 0.255. The number of halogens is 3. The molecule has 0 aliphatic carbocycles. The molecule has 31 heavy (non-hydrogen) atoms. The van der Waals surface area contributed by atoms with Gasteiger partial charge in [0.25, 0.3) is 0 Å². The van der Waals surface area contributed by atoms with E-state index in [-0.39, 0.29) is 12.5 Å². The molecule has 1 amide bonds. The molecule has 1 fully saturated rings. The van der Waals surface area contributed by atoms with Crippen LogP contribution in [0.3, 0.4) is 0 Å². The number of tetrazole rings is 1. The molecule has 1 saturated heterocycles. The van der Waals surface area contributed by atoms with Gasteiger partial charge in [0.1, 0.15) is 6.54 Å². The van der Waals surface area contributed by atoms with Gasteiger partial charge in [-0.25, -0.2) is 4.79 Å². The Bertz CT molecular complexity index is 1120. The number of aromatic nitrogens is 4. The minimum atomic E-state index is -4.40. The zero-order valence-corrected chi connectivity index (χ0v) is 16.4. The summed E-state index contributed by atoms with van der Waals surface area (Å²) in [6.07, 6.45) is -4.40. The molecular formula is C20H19F3N6O2. The second kappa shape index (κ2) is 8.25. The molecular weight excluding hydrogens is 413 g/mol. The maximum atomic E-state index is 12.9. The van der Waals surface area contributed by atoms with E-state index in [4.69, 9.17) is 0 Å². The highest BCUT2D eigenvalue weighted by Gasteiger charge is 2.31. The van der Waals surface area contributed by atoms with Crippen molar-refractivity contribution in [3.05, 3.63) is 70.6 Å². The van der Waals surface area contributed by atoms with Crippen molar-refractivity contribution >= 4 is 11.6 Å². The van der Waals surface area contributed by atoms with E-state index in [1.807, 2.05) is 6.07 Å². The first-order valence-electron chi connectivity index (χ1n) is 9.61. The summed E-state index contributed by atoms with van der Waals surface area (Å²) in [7, 11) is 0. The summed E-state index contributed by atoms with van der Waals surface area (Å²) in [6, 6.07) is 13.9. The van der Waals surface area contributed by atoms with Crippen LogP contribution >= 0.6 is 0 Å². The van der Waals surface area contributed by atoms with Crippen molar-refractivity contribution in [3.8, 4) is 5.69 Å². The normalized spacial score (nSPS) is 14.7. The fourth-order valence-corrected chi connectivity index (χ4v) is 3.43. The fraction of sp³-hybridized carbons (Fsp3) is 0.300. The number of hydrogen-bond acceptors (Lipinski definition) is 5. The summed E-state index contributed by atoms with van der Waals surface area (Å²) >= 11 is 0. The standard InChI is InChI=1S/C20H19F3N6O2/c21-20(22,23)15-5-4-8-17(13-15)26-9-11-27(12-10-26)18(30)14-28-19(31)29(25-24-28)16-6-2-1-3-7-16/h1-8,13H,9-12,14H2. The van der Waals surface area contributed by atoms with Crippen molar-refractivity contribution in [1.82, 2.24) is 24.7 Å². The Balaban J connectivity index is 1.38. The molecule has 0 unspecified atom stereocenters. The summed E-state index contributed by atoms with van der Waals surface area (Å²) in [5, 5.41) is 7.59. The van der Waals surface area contributed by atoms with Crippen LogP contribution in [0.15, 0.2) is 59.4 Å². The molecule has 1 aliphatic heterocycles. The summed E-state index contributed by atoms with van der Waals surface area (Å²) in [6.45, 7) is 1.18. The van der Waals surface area contributed by atoms with Crippen LogP contribution in [0.4, 0.5) is 18.9 Å². The first-order valence-corrected chi connectivity index (χ1v) is 9.61. The van der Waals surface area contributed by atoms with Gasteiger partial charge < -0.3 is 9.80 Å². The average Bonchev–Trinajstić information content (AvgIpc) is 3.14. The monoisotopic (exact) mass is 432 g/mol. The van der Waals surface area contributed by atoms with Crippen molar-refractivity contribution in [1.29, 1.82) is 0 Å². The van der Waals surface area contributed by atoms with Gasteiger partial charge in [-0.05, 0) is 40.8 Å². The Labute approximate surface area is 175 Å². The lowest BCUT2D eigenvalue weighted by atomic mass is 10.1. The van der Waals surface area contributed by atoms with Crippen LogP contribution in [-0.4, -0.2) is 56.8 Å². The van der Waals surface area contributed by atoms with Gasteiger partial charge in [-0.15, -0.1) is 0 Å². The lowest BCUT2D eigenvalue weighted by molar-refractivity contribution is -0.137. The second-order valence-corrected chi connectivity index (χ2v) is 7.08. The fourth-order valence-electron chi connectivity index (χ4n) is 3.43. The molecule has 1 aromatic heterocycles. The number of carbonyl (C=O) groups excluding carboxylic acids is 1. The van der Waals surface area contributed by atoms with Gasteiger partial charge in [0.15, 0.2) is 0 Å². The first kappa shape index (κ1) is 20.6. The first-order chi connectivity index (χ1) is 14.8. The summed E-state index contributed by atoms with van der Waals surface area (Å²) < 4.78 is 40.9. The molecule has 0 radical (unpaired) electrons. The van der Waals surface area contributed by atoms with Crippen molar-refractivity contribution in [2.24, 2.45) is 0 Å². The Morgan fingerprint density at radius 2 is 1.58 bits per heavy atom. The molecule has 0 N–H and O–H groups in total. The maximum absolute atomic E-state index is 12.9. The van der Waals surface area contributed by atoms with E-state index >= 15 is 0 Å². The largest absolute Gasteiger partial charge is 0.416 e. The Morgan fingerprint density at radius 1 is 0.903 bits per heavy atom. The molecule has 0 atom stereocenters. The lowest BCUT2D eigenvalue weighted by Gasteiger charge is -2.36. The highest BCUT2D eigenvalue weighted by Crippen LogP contribution is 2.31. The number of alkyl halides is 3. The maximum Gasteiger partial charge on any atom is 0.416 e. The van der Waals surface area contributed by atoms with Crippen LogP contribution < -0.4 is 10.6 Å². The number of amides is 1. The van der Waals surface area contributed by atoms with Gasteiger partial charge in [-0.1, -0.05) is 24.3 Å². The highest BCUT2D eigenvalue weighted by atomic mass is 19.4. The lowest BCUT2D eigenvalue weighted by Crippen LogP contribution is -2.50. The van der Waals surface area contributed by atoms with Crippen LogP contribution in [0.25, 0.3) is 5.69 Å². The molecule has 3 aromatic rings. The SMILES string of the molecule is O=C(Cn1nnn(-c2ccccc2)c1=O)N1CCN(c2cccc(C(F)(F)F)c2)CC1. The summed E-state index contributed by atoms with van der Waals surface area (Å²) in [5.74, 6) is -0.300. The van der Waals surface area contributed by atoms with E-state index in [1.54, 1.807) is 40.1 Å². The number of rotatable bonds is 4. The molecule has 0 spiro atoms. The topological polar surface area (TPSA) is 76.3 Å². The predicted molar refractivity (Wildman–Crippen MR) is 106 cm³/mol. The number of benzene rings is 2. The molecule has 162 valence electrons. The van der Waals surface area contributed by atoms with E-state index < -0.39 is 17.4 Å². The third-order valence-corrected chi connectivity index (χ3v) is 5.10. The van der Waals surface area contributed by atoms with Crippen LogP contribution in [-0.2, 0) is 17.5 Å². The third kappa shape index (κ3) is 4.44. The Morgan fingerprint density at radius 3 is 2.26 bits per heavy atom. The van der Waals surface area contributed by atoms with Gasteiger partial charge in [0, 0.05) is 31.9 Å². The highest BCUT2D eigenvalue weighted by molar-refractivity contribution is 5.76. The summed E-state index contributed by atoms with van der Waals surface area (Å²) in [5.41, 5.74) is -0.226. The minimum Gasteiger partial charge on any atom is -0.368 e. The van der Waals surface area contributed by atoms with Crippen LogP contribution in [0.2, 0.25) is 0 Å². The smallest absolute Gasteiger partial charge is 0.368 e. The molecule has 2 heterocycles. The molecule has 2 aromatic carbocycles. The van der Waals surface area contributed by atoms with E-state index in [0.717, 1.165) is 21.5 Å². The number of nitrogens with zero attached hydrogens (tertiary/aromatic N) is 6. The Hall–Kier alpha value is -3.63. The van der Waals surface area contributed by atoms with Crippen molar-refractivity contribution < 1.29 is 18.0 Å². The van der Waals surface area contributed by atoms with Gasteiger partial charge in [-0.3, -0.25) is 4.79 Å². The zero-order valence-electron chi connectivity index (χ0n) is 16.4. The predicted octanol–water partition coefficient (Wildman–Crippen LogP) is 1.80. The number of para-hydroxylation sites is 1. The molecule has 11 heteroatoms. The van der Waals surface area contributed by atoms with Crippen LogP contribution in [0, 0.1) is 0 Å².